The number of amides is 2. The average molecular weight is 212 g/mol. The van der Waals surface area contributed by atoms with Gasteiger partial charge in [0, 0.05) is 5.54 Å². The molecule has 0 aromatic heterocycles. The molecule has 1 unspecified atom stereocenters. The fourth-order valence-electron chi connectivity index (χ4n) is 2.12. The zero-order chi connectivity index (χ0) is 11.5. The lowest BCUT2D eigenvalue weighted by Gasteiger charge is -2.41. The van der Waals surface area contributed by atoms with Crippen LogP contribution >= 0.6 is 0 Å². The van der Waals surface area contributed by atoms with Crippen molar-refractivity contribution in [2.75, 3.05) is 13.1 Å². The molecule has 1 rings (SSSR count). The molecule has 4 heteroatoms. The molecule has 0 aromatic carbocycles. The minimum atomic E-state index is -0.179. The highest BCUT2D eigenvalue weighted by Gasteiger charge is 2.35. The monoisotopic (exact) mass is 212 g/mol. The van der Waals surface area contributed by atoms with E-state index in [1.54, 1.807) is 0 Å². The van der Waals surface area contributed by atoms with Gasteiger partial charge in [-0.15, -0.1) is 0 Å². The molecule has 1 heterocycles. The number of imide groups is 1. The zero-order valence-electron chi connectivity index (χ0n) is 9.80. The minimum absolute atomic E-state index is 0.0256. The van der Waals surface area contributed by atoms with Crippen LogP contribution in [0.2, 0.25) is 0 Å². The fraction of sp³-hybridized carbons (Fsp3) is 0.818. The van der Waals surface area contributed by atoms with Gasteiger partial charge in [-0.2, -0.15) is 0 Å². The highest BCUT2D eigenvalue weighted by molar-refractivity contribution is 5.99. The number of nitrogens with one attached hydrogen (secondary N) is 1. The van der Waals surface area contributed by atoms with Crippen molar-refractivity contribution < 1.29 is 9.59 Å². The molecule has 15 heavy (non-hydrogen) atoms. The predicted octanol–water partition coefficient (Wildman–Crippen LogP) is 0.914. The largest absolute Gasteiger partial charge is 0.294 e. The summed E-state index contributed by atoms with van der Waals surface area (Å²) >= 11 is 0. The third-order valence-corrected chi connectivity index (χ3v) is 3.26. The number of rotatable bonds is 4. The second kappa shape index (κ2) is 4.75. The van der Waals surface area contributed by atoms with Crippen LogP contribution in [0.4, 0.5) is 0 Å². The maximum atomic E-state index is 11.3. The van der Waals surface area contributed by atoms with Crippen molar-refractivity contribution >= 4 is 11.8 Å². The first-order chi connectivity index (χ1) is 7.01. The standard InChI is InChI=1S/C11H20N2O2/c1-4-6-11(3,5-2)13-7-9(14)12-10(15)8-13/h4-8H2,1-3H3,(H,12,14,15). The van der Waals surface area contributed by atoms with E-state index in [-0.39, 0.29) is 17.4 Å². The molecule has 1 aliphatic rings. The maximum Gasteiger partial charge on any atom is 0.240 e. The summed E-state index contributed by atoms with van der Waals surface area (Å²) in [6.07, 6.45) is 3.04. The van der Waals surface area contributed by atoms with Crippen molar-refractivity contribution in [1.82, 2.24) is 10.2 Å². The van der Waals surface area contributed by atoms with Crippen LogP contribution < -0.4 is 5.32 Å². The van der Waals surface area contributed by atoms with Crippen LogP contribution in [0.25, 0.3) is 0 Å². The summed E-state index contributed by atoms with van der Waals surface area (Å²) in [4.78, 5) is 24.6. The van der Waals surface area contributed by atoms with Crippen LogP contribution in [0.1, 0.15) is 40.0 Å². The molecule has 1 N–H and O–H groups in total. The second-order valence-electron chi connectivity index (χ2n) is 4.43. The maximum absolute atomic E-state index is 11.3. The van der Waals surface area contributed by atoms with Gasteiger partial charge in [-0.05, 0) is 19.8 Å². The molecule has 1 aliphatic heterocycles. The van der Waals surface area contributed by atoms with Crippen LogP contribution in [0.15, 0.2) is 0 Å². The van der Waals surface area contributed by atoms with E-state index in [1.165, 1.54) is 0 Å². The normalized spacial score (nSPS) is 22.3. The number of nitrogens with zero attached hydrogens (tertiary/aromatic N) is 1. The topological polar surface area (TPSA) is 49.4 Å². The first-order valence-corrected chi connectivity index (χ1v) is 5.59. The van der Waals surface area contributed by atoms with E-state index < -0.39 is 0 Å². The summed E-state index contributed by atoms with van der Waals surface area (Å²) in [5.41, 5.74) is -0.0256. The fourth-order valence-corrected chi connectivity index (χ4v) is 2.12. The lowest BCUT2D eigenvalue weighted by atomic mass is 9.90. The highest BCUT2D eigenvalue weighted by atomic mass is 16.2. The lowest BCUT2D eigenvalue weighted by Crippen LogP contribution is -2.59. The lowest BCUT2D eigenvalue weighted by molar-refractivity contribution is -0.139. The SMILES string of the molecule is CCCC(C)(CC)N1CC(=O)NC(=O)C1. The van der Waals surface area contributed by atoms with Gasteiger partial charge in [-0.3, -0.25) is 19.8 Å². The van der Waals surface area contributed by atoms with Gasteiger partial charge in [-0.1, -0.05) is 20.3 Å². The Bertz CT molecular complexity index is 249. The Morgan fingerprint density at radius 1 is 1.27 bits per heavy atom. The second-order valence-corrected chi connectivity index (χ2v) is 4.43. The Kier molecular flexibility index (Phi) is 3.85. The van der Waals surface area contributed by atoms with Crippen molar-refractivity contribution in [3.63, 3.8) is 0 Å². The van der Waals surface area contributed by atoms with E-state index >= 15 is 0 Å². The molecule has 0 bridgehead atoms. The molecular weight excluding hydrogens is 192 g/mol. The highest BCUT2D eigenvalue weighted by Crippen LogP contribution is 2.25. The number of carbonyl (C=O) groups excluding carboxylic acids is 2. The molecule has 2 amide bonds. The first-order valence-electron chi connectivity index (χ1n) is 5.59. The van der Waals surface area contributed by atoms with Crippen molar-refractivity contribution in [2.45, 2.75) is 45.6 Å². The van der Waals surface area contributed by atoms with Gasteiger partial charge < -0.3 is 0 Å². The minimum Gasteiger partial charge on any atom is -0.294 e. The first kappa shape index (κ1) is 12.2. The summed E-state index contributed by atoms with van der Waals surface area (Å²) in [5, 5.41) is 2.33. The molecule has 1 atom stereocenters. The Morgan fingerprint density at radius 2 is 1.80 bits per heavy atom. The zero-order valence-corrected chi connectivity index (χ0v) is 9.80. The van der Waals surface area contributed by atoms with Gasteiger partial charge in [0.15, 0.2) is 0 Å². The molecule has 0 aliphatic carbocycles. The molecular formula is C11H20N2O2. The van der Waals surface area contributed by atoms with Gasteiger partial charge in [0.05, 0.1) is 13.1 Å². The van der Waals surface area contributed by atoms with E-state index in [2.05, 4.69) is 26.1 Å². The van der Waals surface area contributed by atoms with Gasteiger partial charge in [0.1, 0.15) is 0 Å². The van der Waals surface area contributed by atoms with E-state index in [1.807, 2.05) is 4.90 Å². The number of piperazine rings is 1. The van der Waals surface area contributed by atoms with Crippen LogP contribution in [0.5, 0.6) is 0 Å². The van der Waals surface area contributed by atoms with Crippen LogP contribution in [-0.2, 0) is 9.59 Å². The van der Waals surface area contributed by atoms with Gasteiger partial charge >= 0.3 is 0 Å². The molecule has 1 fully saturated rings. The Morgan fingerprint density at radius 3 is 2.20 bits per heavy atom. The molecule has 4 nitrogen and oxygen atoms in total. The molecule has 0 radical (unpaired) electrons. The number of hydrogen-bond donors (Lipinski definition) is 1. The van der Waals surface area contributed by atoms with Crippen molar-refractivity contribution in [3.05, 3.63) is 0 Å². The summed E-state index contributed by atoms with van der Waals surface area (Å²) in [6, 6.07) is 0. The third-order valence-electron chi connectivity index (χ3n) is 3.26. The molecule has 86 valence electrons. The van der Waals surface area contributed by atoms with E-state index in [9.17, 15) is 9.59 Å². The number of carbonyl (C=O) groups is 2. The van der Waals surface area contributed by atoms with Gasteiger partial charge in [0.2, 0.25) is 11.8 Å². The van der Waals surface area contributed by atoms with Crippen LogP contribution in [-0.4, -0.2) is 35.3 Å². The van der Waals surface area contributed by atoms with Gasteiger partial charge in [-0.25, -0.2) is 0 Å². The summed E-state index contributed by atoms with van der Waals surface area (Å²) in [7, 11) is 0. The van der Waals surface area contributed by atoms with Gasteiger partial charge in [0.25, 0.3) is 0 Å². The smallest absolute Gasteiger partial charge is 0.240 e. The Labute approximate surface area is 91.0 Å². The molecule has 0 saturated carbocycles. The third kappa shape index (κ3) is 2.78. The van der Waals surface area contributed by atoms with E-state index in [0.29, 0.717) is 13.1 Å². The van der Waals surface area contributed by atoms with Crippen molar-refractivity contribution in [2.24, 2.45) is 0 Å². The number of hydrogen-bond acceptors (Lipinski definition) is 3. The van der Waals surface area contributed by atoms with Crippen molar-refractivity contribution in [1.29, 1.82) is 0 Å². The average Bonchev–Trinajstić information content (AvgIpc) is 2.16. The Hall–Kier alpha value is -0.900. The summed E-state index contributed by atoms with van der Waals surface area (Å²) in [6.45, 7) is 7.04. The van der Waals surface area contributed by atoms with E-state index in [0.717, 1.165) is 19.3 Å². The molecule has 1 saturated heterocycles. The Balaban J connectivity index is 2.75. The predicted molar refractivity (Wildman–Crippen MR) is 58.3 cm³/mol. The van der Waals surface area contributed by atoms with Crippen LogP contribution in [0, 0.1) is 0 Å². The van der Waals surface area contributed by atoms with Crippen molar-refractivity contribution in [3.8, 4) is 0 Å². The van der Waals surface area contributed by atoms with Crippen LogP contribution in [0.3, 0.4) is 0 Å². The molecule has 0 spiro atoms. The van der Waals surface area contributed by atoms with E-state index in [4.69, 9.17) is 0 Å². The molecule has 0 aromatic rings. The summed E-state index contributed by atoms with van der Waals surface area (Å²) in [5.74, 6) is -0.357. The summed E-state index contributed by atoms with van der Waals surface area (Å²) < 4.78 is 0. The quantitative estimate of drug-likeness (QED) is 0.705.